The van der Waals surface area contributed by atoms with Crippen LogP contribution in [0.15, 0.2) is 42.5 Å². The van der Waals surface area contributed by atoms with Gasteiger partial charge in [-0.15, -0.1) is 0 Å². The molecule has 2 rings (SSSR count). The molecule has 0 saturated heterocycles. The Labute approximate surface area is 128 Å². The van der Waals surface area contributed by atoms with Crippen LogP contribution in [0.1, 0.15) is 28.3 Å². The fraction of sp³-hybridized carbons (Fsp3) is 0.250. The summed E-state index contributed by atoms with van der Waals surface area (Å²) in [6, 6.07) is 14.9. The third kappa shape index (κ3) is 3.35. The van der Waals surface area contributed by atoms with Crippen LogP contribution in [-0.4, -0.2) is 0 Å². The van der Waals surface area contributed by atoms with Crippen molar-refractivity contribution < 1.29 is 0 Å². The minimum Gasteiger partial charge on any atom is -0.271 e. The lowest BCUT2D eigenvalue weighted by atomic mass is 9.93. The van der Waals surface area contributed by atoms with Gasteiger partial charge >= 0.3 is 0 Å². The molecular weight excluding hydrogens is 347 g/mol. The Morgan fingerprint density at radius 2 is 1.68 bits per heavy atom. The van der Waals surface area contributed by atoms with Crippen LogP contribution in [0.2, 0.25) is 0 Å². The number of benzene rings is 2. The molecule has 3 heteroatoms. The maximum atomic E-state index is 5.77. The zero-order valence-electron chi connectivity index (χ0n) is 11.3. The third-order valence-electron chi connectivity index (χ3n) is 3.53. The molecule has 0 fully saturated rings. The number of hydrazine groups is 1. The summed E-state index contributed by atoms with van der Waals surface area (Å²) >= 11 is 2.36. The van der Waals surface area contributed by atoms with E-state index in [-0.39, 0.29) is 6.04 Å². The molecule has 19 heavy (non-hydrogen) atoms. The van der Waals surface area contributed by atoms with Crippen LogP contribution in [0.5, 0.6) is 0 Å². The van der Waals surface area contributed by atoms with Crippen LogP contribution in [0.25, 0.3) is 0 Å². The number of rotatable bonds is 4. The minimum atomic E-state index is 0.146. The SMILES string of the molecule is Cc1cccc(C)c1CC(NN)c1ccccc1I. The van der Waals surface area contributed by atoms with E-state index in [1.807, 2.05) is 0 Å². The van der Waals surface area contributed by atoms with Gasteiger partial charge in [0.15, 0.2) is 0 Å². The van der Waals surface area contributed by atoms with Crippen molar-refractivity contribution in [1.82, 2.24) is 5.43 Å². The summed E-state index contributed by atoms with van der Waals surface area (Å²) in [5.41, 5.74) is 8.25. The second kappa shape index (κ2) is 6.50. The van der Waals surface area contributed by atoms with Crippen LogP contribution >= 0.6 is 22.6 Å². The van der Waals surface area contributed by atoms with E-state index in [0.29, 0.717) is 0 Å². The number of hydrogen-bond acceptors (Lipinski definition) is 2. The van der Waals surface area contributed by atoms with Gasteiger partial charge in [-0.25, -0.2) is 0 Å². The highest BCUT2D eigenvalue weighted by Crippen LogP contribution is 2.25. The Morgan fingerprint density at radius 3 is 2.26 bits per heavy atom. The van der Waals surface area contributed by atoms with E-state index in [0.717, 1.165) is 6.42 Å². The van der Waals surface area contributed by atoms with E-state index in [1.54, 1.807) is 0 Å². The molecule has 2 aromatic rings. The number of aryl methyl sites for hydroxylation is 2. The first-order valence-electron chi connectivity index (χ1n) is 6.39. The van der Waals surface area contributed by atoms with Gasteiger partial charge in [0, 0.05) is 3.57 Å². The highest BCUT2D eigenvalue weighted by Gasteiger charge is 2.15. The van der Waals surface area contributed by atoms with Crippen molar-refractivity contribution in [2.45, 2.75) is 26.3 Å². The lowest BCUT2D eigenvalue weighted by Gasteiger charge is -2.20. The monoisotopic (exact) mass is 366 g/mol. The fourth-order valence-electron chi connectivity index (χ4n) is 2.39. The zero-order valence-corrected chi connectivity index (χ0v) is 13.4. The largest absolute Gasteiger partial charge is 0.271 e. The molecule has 100 valence electrons. The summed E-state index contributed by atoms with van der Waals surface area (Å²) in [5.74, 6) is 5.77. The Kier molecular flexibility index (Phi) is 4.96. The Bertz CT molecular complexity index is 546. The maximum Gasteiger partial charge on any atom is 0.0510 e. The fourth-order valence-corrected chi connectivity index (χ4v) is 3.15. The molecule has 0 heterocycles. The van der Waals surface area contributed by atoms with Gasteiger partial charge in [0.05, 0.1) is 6.04 Å². The van der Waals surface area contributed by atoms with Crippen molar-refractivity contribution in [2.24, 2.45) is 5.84 Å². The summed E-state index contributed by atoms with van der Waals surface area (Å²) in [6.45, 7) is 4.32. The van der Waals surface area contributed by atoms with E-state index in [1.165, 1.54) is 25.8 Å². The van der Waals surface area contributed by atoms with E-state index < -0.39 is 0 Å². The minimum absolute atomic E-state index is 0.146. The standard InChI is InChI=1S/C16H19IN2/c1-11-6-5-7-12(2)14(11)10-16(19-18)13-8-3-4-9-15(13)17/h3-9,16,19H,10,18H2,1-2H3. The first-order valence-corrected chi connectivity index (χ1v) is 7.47. The van der Waals surface area contributed by atoms with Crippen molar-refractivity contribution in [3.8, 4) is 0 Å². The molecule has 0 aliphatic carbocycles. The second-order valence-electron chi connectivity index (χ2n) is 4.82. The van der Waals surface area contributed by atoms with E-state index in [9.17, 15) is 0 Å². The van der Waals surface area contributed by atoms with Crippen molar-refractivity contribution in [3.05, 3.63) is 68.3 Å². The third-order valence-corrected chi connectivity index (χ3v) is 4.52. The average Bonchev–Trinajstić information content (AvgIpc) is 2.40. The summed E-state index contributed by atoms with van der Waals surface area (Å²) in [5, 5.41) is 0. The zero-order chi connectivity index (χ0) is 13.8. The Morgan fingerprint density at radius 1 is 1.05 bits per heavy atom. The number of halogens is 1. The van der Waals surface area contributed by atoms with Gasteiger partial charge in [0.1, 0.15) is 0 Å². The van der Waals surface area contributed by atoms with Crippen molar-refractivity contribution in [1.29, 1.82) is 0 Å². The van der Waals surface area contributed by atoms with Gasteiger partial charge in [-0.1, -0.05) is 36.4 Å². The predicted molar refractivity (Wildman–Crippen MR) is 88.8 cm³/mol. The second-order valence-corrected chi connectivity index (χ2v) is 5.98. The van der Waals surface area contributed by atoms with E-state index in [4.69, 9.17) is 5.84 Å². The van der Waals surface area contributed by atoms with Crippen LogP contribution in [0.4, 0.5) is 0 Å². The molecule has 1 unspecified atom stereocenters. The quantitative estimate of drug-likeness (QED) is 0.493. The average molecular weight is 366 g/mol. The molecule has 0 saturated carbocycles. The molecule has 2 aromatic carbocycles. The summed E-state index contributed by atoms with van der Waals surface area (Å²) in [6.07, 6.45) is 0.912. The van der Waals surface area contributed by atoms with E-state index in [2.05, 4.69) is 84.3 Å². The first kappa shape index (κ1) is 14.5. The molecule has 0 bridgehead atoms. The molecule has 0 radical (unpaired) electrons. The summed E-state index contributed by atoms with van der Waals surface area (Å²) in [4.78, 5) is 0. The van der Waals surface area contributed by atoms with Crippen LogP contribution < -0.4 is 11.3 Å². The molecule has 0 aliphatic heterocycles. The molecule has 1 atom stereocenters. The highest BCUT2D eigenvalue weighted by molar-refractivity contribution is 14.1. The molecule has 0 spiro atoms. The molecule has 0 aromatic heterocycles. The topological polar surface area (TPSA) is 38.0 Å². The molecular formula is C16H19IN2. The molecule has 0 aliphatic rings. The maximum absolute atomic E-state index is 5.77. The number of nitrogens with two attached hydrogens (primary N) is 1. The molecule has 2 nitrogen and oxygen atoms in total. The number of hydrogen-bond donors (Lipinski definition) is 2. The summed E-state index contributed by atoms with van der Waals surface area (Å²) in [7, 11) is 0. The van der Waals surface area contributed by atoms with Crippen molar-refractivity contribution in [3.63, 3.8) is 0 Å². The normalized spacial score (nSPS) is 12.4. The molecule has 3 N–H and O–H groups in total. The van der Waals surface area contributed by atoms with Crippen molar-refractivity contribution >= 4 is 22.6 Å². The van der Waals surface area contributed by atoms with E-state index >= 15 is 0 Å². The van der Waals surface area contributed by atoms with Gasteiger partial charge in [-0.2, -0.15) is 0 Å². The van der Waals surface area contributed by atoms with Crippen LogP contribution in [-0.2, 0) is 6.42 Å². The highest BCUT2D eigenvalue weighted by atomic mass is 127. The van der Waals surface area contributed by atoms with Crippen molar-refractivity contribution in [2.75, 3.05) is 0 Å². The Hall–Kier alpha value is -0.910. The number of nitrogens with one attached hydrogen (secondary N) is 1. The van der Waals surface area contributed by atoms with Gasteiger partial charge in [-0.05, 0) is 71.2 Å². The van der Waals surface area contributed by atoms with Gasteiger partial charge in [0.2, 0.25) is 0 Å². The van der Waals surface area contributed by atoms with Crippen LogP contribution in [0.3, 0.4) is 0 Å². The van der Waals surface area contributed by atoms with Crippen LogP contribution in [0, 0.1) is 17.4 Å². The van der Waals surface area contributed by atoms with Gasteiger partial charge < -0.3 is 0 Å². The smallest absolute Gasteiger partial charge is 0.0510 e. The lowest BCUT2D eigenvalue weighted by molar-refractivity contribution is 0.547. The summed E-state index contributed by atoms with van der Waals surface area (Å²) < 4.78 is 1.24. The first-order chi connectivity index (χ1) is 9.13. The molecule has 0 amide bonds. The van der Waals surface area contributed by atoms with Gasteiger partial charge in [-0.3, -0.25) is 11.3 Å². The van der Waals surface area contributed by atoms with Gasteiger partial charge in [0.25, 0.3) is 0 Å². The lowest BCUT2D eigenvalue weighted by Crippen LogP contribution is -2.30. The Balaban J connectivity index is 2.32. The predicted octanol–water partition coefficient (Wildman–Crippen LogP) is 3.66.